The summed E-state index contributed by atoms with van der Waals surface area (Å²) in [5.74, 6) is -1.13. The molecule has 0 saturated carbocycles. The number of phosphoric acid groups is 1. The molecule has 0 aromatic rings. The smallest absolute Gasteiger partial charge is 0.462 e. The number of hydrogen-bond acceptors (Lipinski definition) is 16. The number of esters is 2. The highest BCUT2D eigenvalue weighted by molar-refractivity contribution is 7.73. The Hall–Kier alpha value is -0.730. The predicted octanol–water partition coefficient (Wildman–Crippen LogP) is 2.26. The van der Waals surface area contributed by atoms with E-state index < -0.39 is 59.3 Å². The lowest BCUT2D eigenvalue weighted by Crippen LogP contribution is -2.42. The van der Waals surface area contributed by atoms with Crippen LogP contribution in [0.3, 0.4) is 0 Å². The number of rotatable bonds is 21. The molecular formula is C18H38NO15P3. The van der Waals surface area contributed by atoms with Crippen LogP contribution in [0, 0.1) is 0 Å². The van der Waals surface area contributed by atoms with Crippen LogP contribution in [-0.2, 0) is 64.4 Å². The van der Waals surface area contributed by atoms with E-state index in [1.807, 2.05) is 0 Å². The van der Waals surface area contributed by atoms with Crippen LogP contribution >= 0.6 is 23.0 Å². The largest absolute Gasteiger partial charge is 0.474 e. The third kappa shape index (κ3) is 10.4. The van der Waals surface area contributed by atoms with Gasteiger partial charge in [-0.25, -0.2) is 4.57 Å². The highest BCUT2D eigenvalue weighted by Crippen LogP contribution is 2.75. The van der Waals surface area contributed by atoms with E-state index in [1.165, 1.54) is 0 Å². The van der Waals surface area contributed by atoms with E-state index in [-0.39, 0.29) is 32.6 Å². The van der Waals surface area contributed by atoms with Crippen molar-refractivity contribution in [1.29, 1.82) is 0 Å². The maximum Gasteiger partial charge on any atom is 0.474 e. The number of nitrogens with one attached hydrogen (secondary N) is 1. The fraction of sp³-hybridized carbons (Fsp3) is 0.889. The van der Waals surface area contributed by atoms with E-state index in [0.29, 0.717) is 0 Å². The molecule has 2 atom stereocenters. The first-order valence-corrected chi connectivity index (χ1v) is 15.5. The molecule has 0 aromatic heterocycles. The molecule has 2 N–H and O–H groups in total. The summed E-state index contributed by atoms with van der Waals surface area (Å²) in [6, 6.07) is 0. The Balaban J connectivity index is 5.17. The Morgan fingerprint density at radius 3 is 1.76 bits per heavy atom. The number of hydrogen-bond donors (Lipinski definition) is 2. The van der Waals surface area contributed by atoms with Crippen LogP contribution in [0.5, 0.6) is 0 Å². The van der Waals surface area contributed by atoms with Gasteiger partial charge < -0.3 is 38.0 Å². The van der Waals surface area contributed by atoms with Gasteiger partial charge in [-0.05, 0) is 0 Å². The van der Waals surface area contributed by atoms with E-state index in [1.54, 1.807) is 13.8 Å². The predicted molar refractivity (Wildman–Crippen MR) is 129 cm³/mol. The molecule has 0 aromatic carbocycles. The first kappa shape index (κ1) is 36.3. The van der Waals surface area contributed by atoms with Crippen LogP contribution in [-0.4, -0.2) is 96.7 Å². The summed E-state index contributed by atoms with van der Waals surface area (Å²) < 4.78 is 82.9. The number of aliphatic hydroxyl groups is 1. The van der Waals surface area contributed by atoms with E-state index in [2.05, 4.69) is 5.32 Å². The maximum absolute atomic E-state index is 12.9. The van der Waals surface area contributed by atoms with Gasteiger partial charge in [-0.1, -0.05) is 13.8 Å². The highest BCUT2D eigenvalue weighted by Gasteiger charge is 2.63. The normalized spacial score (nSPS) is 15.1. The Bertz CT molecular complexity index is 812. The summed E-state index contributed by atoms with van der Waals surface area (Å²) in [7, 11) is -8.08. The van der Waals surface area contributed by atoms with Gasteiger partial charge in [-0.2, -0.15) is 0 Å². The van der Waals surface area contributed by atoms with Crippen LogP contribution in [0.15, 0.2) is 0 Å². The minimum absolute atomic E-state index is 0.0484. The average molecular weight is 601 g/mol. The minimum Gasteiger partial charge on any atom is -0.462 e. The van der Waals surface area contributed by atoms with Gasteiger partial charge in [0.05, 0.1) is 13.2 Å². The Labute approximate surface area is 216 Å². The van der Waals surface area contributed by atoms with Gasteiger partial charge in [-0.3, -0.25) is 32.3 Å². The number of carbonyl (C=O) groups excluding carboxylic acids is 2. The number of carbonyl (C=O) groups is 2. The summed E-state index contributed by atoms with van der Waals surface area (Å²) in [5, 5.41) is 10.9. The zero-order chi connectivity index (χ0) is 28.8. The second-order valence-corrected chi connectivity index (χ2v) is 14.0. The molecular weight excluding hydrogens is 563 g/mol. The molecule has 16 nitrogen and oxygen atoms in total. The molecule has 0 amide bonds. The lowest BCUT2D eigenvalue weighted by atomic mass is 10.4. The molecule has 0 rings (SSSR count). The molecule has 220 valence electrons. The molecule has 0 aliphatic rings. The van der Waals surface area contributed by atoms with Crippen LogP contribution in [0.25, 0.3) is 0 Å². The SMILES string of the molecule is CCC(=O)OCC(COP(=O)(OC)OCCNCC(O)(P(=O)(OC)OC)P(=O)(OC)OC)OC(=O)CC. The van der Waals surface area contributed by atoms with Gasteiger partial charge in [0.2, 0.25) is 0 Å². The fourth-order valence-corrected chi connectivity index (χ4v) is 7.76. The van der Waals surface area contributed by atoms with Crippen molar-refractivity contribution in [2.24, 2.45) is 0 Å². The summed E-state index contributed by atoms with van der Waals surface area (Å²) in [6.45, 7) is 1.15. The first-order chi connectivity index (χ1) is 17.3. The van der Waals surface area contributed by atoms with Gasteiger partial charge in [-0.15, -0.1) is 0 Å². The first-order valence-electron chi connectivity index (χ1n) is 11.0. The topological polar surface area (TPSA) is 201 Å². The standard InChI is InChI=1S/C18H38NO15P3/c1-8-16(20)31-12-15(34-17(21)9-2)13-33-37(25,30-7)32-11-10-19-14-18(22,35(23,26-3)27-4)36(24,28-5)29-6/h15,19,22H,8-14H2,1-7H3. The van der Waals surface area contributed by atoms with Crippen molar-refractivity contribution in [1.82, 2.24) is 5.32 Å². The number of phosphoric ester groups is 1. The number of ether oxygens (including phenoxy) is 2. The highest BCUT2D eigenvalue weighted by atomic mass is 31.2. The van der Waals surface area contributed by atoms with E-state index in [4.69, 9.17) is 41.1 Å². The summed E-state index contributed by atoms with van der Waals surface area (Å²) in [5.41, 5.74) is 0. The van der Waals surface area contributed by atoms with Crippen LogP contribution in [0.4, 0.5) is 0 Å². The van der Waals surface area contributed by atoms with E-state index >= 15 is 0 Å². The summed E-state index contributed by atoms with van der Waals surface area (Å²) >= 11 is 0. The van der Waals surface area contributed by atoms with Crippen molar-refractivity contribution in [3.05, 3.63) is 0 Å². The van der Waals surface area contributed by atoms with Gasteiger partial charge in [0.1, 0.15) is 6.61 Å². The lowest BCUT2D eigenvalue weighted by Gasteiger charge is -2.36. The molecule has 0 aliphatic carbocycles. The van der Waals surface area contributed by atoms with E-state index in [0.717, 1.165) is 35.5 Å². The molecule has 0 heterocycles. The molecule has 0 spiro atoms. The van der Waals surface area contributed by atoms with Crippen molar-refractivity contribution in [2.75, 3.05) is 68.5 Å². The van der Waals surface area contributed by atoms with Crippen molar-refractivity contribution < 1.29 is 69.5 Å². The molecule has 0 saturated heterocycles. The van der Waals surface area contributed by atoms with Crippen LogP contribution in [0.1, 0.15) is 26.7 Å². The maximum atomic E-state index is 12.9. The molecule has 2 unspecified atom stereocenters. The Morgan fingerprint density at radius 1 is 0.811 bits per heavy atom. The second-order valence-electron chi connectivity index (χ2n) is 6.94. The van der Waals surface area contributed by atoms with E-state index in [9.17, 15) is 28.4 Å². The summed E-state index contributed by atoms with van der Waals surface area (Å²) in [6.07, 6.45) is -0.920. The molecule has 0 fully saturated rings. The molecule has 19 heteroatoms. The Kier molecular flexibility index (Phi) is 16.7. The Morgan fingerprint density at radius 2 is 1.32 bits per heavy atom. The van der Waals surface area contributed by atoms with Gasteiger partial charge in [0, 0.05) is 61.5 Å². The molecule has 0 radical (unpaired) electrons. The van der Waals surface area contributed by atoms with Crippen LogP contribution in [0.2, 0.25) is 0 Å². The van der Waals surface area contributed by atoms with Gasteiger partial charge >= 0.3 is 35.0 Å². The second kappa shape index (κ2) is 17.1. The molecule has 0 bridgehead atoms. The molecule has 37 heavy (non-hydrogen) atoms. The monoisotopic (exact) mass is 601 g/mol. The zero-order valence-corrected chi connectivity index (χ0v) is 24.7. The fourth-order valence-electron chi connectivity index (χ4n) is 2.55. The average Bonchev–Trinajstić information content (AvgIpc) is 2.92. The van der Waals surface area contributed by atoms with Crippen molar-refractivity contribution >= 4 is 35.0 Å². The van der Waals surface area contributed by atoms with Gasteiger partial charge in [0.15, 0.2) is 6.10 Å². The van der Waals surface area contributed by atoms with Crippen molar-refractivity contribution in [2.45, 2.75) is 37.9 Å². The molecule has 0 aliphatic heterocycles. The summed E-state index contributed by atoms with van der Waals surface area (Å²) in [4.78, 5) is 23.0. The zero-order valence-electron chi connectivity index (χ0n) is 22.0. The van der Waals surface area contributed by atoms with Crippen molar-refractivity contribution in [3.8, 4) is 0 Å². The van der Waals surface area contributed by atoms with Crippen LogP contribution < -0.4 is 5.32 Å². The van der Waals surface area contributed by atoms with Gasteiger partial charge in [0.25, 0.3) is 5.08 Å². The third-order valence-corrected chi connectivity index (χ3v) is 11.6. The van der Waals surface area contributed by atoms with Crippen molar-refractivity contribution in [3.63, 3.8) is 0 Å². The lowest BCUT2D eigenvalue weighted by molar-refractivity contribution is -0.160. The minimum atomic E-state index is -4.44. The third-order valence-electron chi connectivity index (χ3n) is 4.68. The quantitative estimate of drug-likeness (QED) is 0.110.